The fourth-order valence-electron chi connectivity index (χ4n) is 6.12. The minimum Gasteiger partial charge on any atom is -0.455 e. The van der Waals surface area contributed by atoms with Gasteiger partial charge in [-0.2, -0.15) is 0 Å². The summed E-state index contributed by atoms with van der Waals surface area (Å²) in [5, 5.41) is 0. The largest absolute Gasteiger partial charge is 0.455 e. The lowest BCUT2D eigenvalue weighted by atomic mass is 9.49. The summed E-state index contributed by atoms with van der Waals surface area (Å²) < 4.78 is 5.57. The van der Waals surface area contributed by atoms with Crippen LogP contribution in [0.3, 0.4) is 0 Å². The smallest absolute Gasteiger partial charge is 0.312 e. The van der Waals surface area contributed by atoms with Gasteiger partial charge in [0.1, 0.15) is 0 Å². The van der Waals surface area contributed by atoms with Crippen LogP contribution < -0.4 is 0 Å². The standard InChI is InChI=1S/C23H31NO3/c1-15-4-5-20(16(2)6-15)13-24(3)21(25)14-27-22(26)23-10-17-7-18(11-23)9-19(8-17)12-23/h4-6,17-19H,7-14H2,1-3H3. The Morgan fingerprint density at radius 3 is 2.22 bits per heavy atom. The molecule has 0 spiro atoms. The van der Waals surface area contributed by atoms with Crippen LogP contribution in [0.4, 0.5) is 0 Å². The lowest BCUT2D eigenvalue weighted by molar-refractivity contribution is -0.174. The molecule has 0 saturated heterocycles. The topological polar surface area (TPSA) is 46.6 Å². The minimum absolute atomic E-state index is 0.116. The van der Waals surface area contributed by atoms with Crippen molar-refractivity contribution in [3.63, 3.8) is 0 Å². The minimum atomic E-state index is -0.291. The van der Waals surface area contributed by atoms with Crippen molar-refractivity contribution in [2.24, 2.45) is 23.2 Å². The van der Waals surface area contributed by atoms with Crippen LogP contribution in [-0.2, 0) is 20.9 Å². The summed E-state index contributed by atoms with van der Waals surface area (Å²) in [6.07, 6.45) is 6.82. The van der Waals surface area contributed by atoms with Crippen LogP contribution in [-0.4, -0.2) is 30.4 Å². The number of hydrogen-bond donors (Lipinski definition) is 0. The van der Waals surface area contributed by atoms with Gasteiger partial charge in [0, 0.05) is 13.6 Å². The summed E-state index contributed by atoms with van der Waals surface area (Å²) >= 11 is 0. The molecule has 0 unspecified atom stereocenters. The summed E-state index contributed by atoms with van der Waals surface area (Å²) in [6.45, 7) is 4.53. The van der Waals surface area contributed by atoms with Crippen LogP contribution in [0.15, 0.2) is 18.2 Å². The number of carbonyl (C=O) groups is 2. The average molecular weight is 370 g/mol. The number of rotatable bonds is 5. The van der Waals surface area contributed by atoms with Gasteiger partial charge in [0.05, 0.1) is 5.41 Å². The van der Waals surface area contributed by atoms with Gasteiger partial charge in [0.2, 0.25) is 0 Å². The molecule has 0 atom stereocenters. The Labute approximate surface area is 162 Å². The predicted molar refractivity (Wildman–Crippen MR) is 104 cm³/mol. The molecule has 4 bridgehead atoms. The molecule has 0 aromatic heterocycles. The molecule has 4 nitrogen and oxygen atoms in total. The maximum Gasteiger partial charge on any atom is 0.312 e. The number of aryl methyl sites for hydroxylation is 2. The van der Waals surface area contributed by atoms with E-state index in [0.717, 1.165) is 24.8 Å². The molecule has 1 aromatic carbocycles. The second-order valence-electron chi connectivity index (χ2n) is 9.45. The maximum absolute atomic E-state index is 12.9. The van der Waals surface area contributed by atoms with E-state index in [1.807, 2.05) is 0 Å². The number of hydrogen-bond acceptors (Lipinski definition) is 3. The van der Waals surface area contributed by atoms with E-state index in [-0.39, 0.29) is 23.9 Å². The summed E-state index contributed by atoms with van der Waals surface area (Å²) in [5.41, 5.74) is 3.24. The Bertz CT molecular complexity index is 719. The molecule has 0 heterocycles. The number of ether oxygens (including phenoxy) is 1. The van der Waals surface area contributed by atoms with Crippen molar-refractivity contribution in [3.05, 3.63) is 34.9 Å². The first-order chi connectivity index (χ1) is 12.8. The fraction of sp³-hybridized carbons (Fsp3) is 0.652. The zero-order chi connectivity index (χ0) is 19.2. The van der Waals surface area contributed by atoms with Gasteiger partial charge in [-0.15, -0.1) is 0 Å². The Balaban J connectivity index is 1.33. The number of likely N-dealkylation sites (N-methyl/N-ethyl adjacent to an activating group) is 1. The summed E-state index contributed by atoms with van der Waals surface area (Å²) in [4.78, 5) is 27.0. The fourth-order valence-corrected chi connectivity index (χ4v) is 6.12. The van der Waals surface area contributed by atoms with Crippen LogP contribution in [0.2, 0.25) is 0 Å². The van der Waals surface area contributed by atoms with E-state index in [0.29, 0.717) is 24.3 Å². The third-order valence-corrected chi connectivity index (χ3v) is 7.13. The van der Waals surface area contributed by atoms with Gasteiger partial charge in [-0.25, -0.2) is 0 Å². The number of amides is 1. The zero-order valence-electron chi connectivity index (χ0n) is 16.8. The van der Waals surface area contributed by atoms with Crippen molar-refractivity contribution in [2.45, 2.75) is 58.9 Å². The van der Waals surface area contributed by atoms with Gasteiger partial charge in [0.25, 0.3) is 5.91 Å². The van der Waals surface area contributed by atoms with Gasteiger partial charge in [0.15, 0.2) is 6.61 Å². The normalized spacial score (nSPS) is 31.0. The summed E-state index contributed by atoms with van der Waals surface area (Å²) in [6, 6.07) is 6.25. The van der Waals surface area contributed by atoms with E-state index < -0.39 is 0 Å². The Morgan fingerprint density at radius 2 is 1.67 bits per heavy atom. The quantitative estimate of drug-likeness (QED) is 0.737. The van der Waals surface area contributed by atoms with E-state index in [9.17, 15) is 9.59 Å². The van der Waals surface area contributed by atoms with E-state index >= 15 is 0 Å². The average Bonchev–Trinajstić information content (AvgIpc) is 2.60. The van der Waals surface area contributed by atoms with Gasteiger partial charge in [-0.3, -0.25) is 9.59 Å². The molecule has 1 aromatic rings. The molecule has 0 radical (unpaired) electrons. The number of esters is 1. The van der Waals surface area contributed by atoms with Crippen LogP contribution >= 0.6 is 0 Å². The van der Waals surface area contributed by atoms with Crippen LogP contribution in [0.25, 0.3) is 0 Å². The van der Waals surface area contributed by atoms with Gasteiger partial charge >= 0.3 is 5.97 Å². The maximum atomic E-state index is 12.9. The van der Waals surface area contributed by atoms with Crippen molar-refractivity contribution < 1.29 is 14.3 Å². The molecule has 0 aliphatic heterocycles. The van der Waals surface area contributed by atoms with Gasteiger partial charge < -0.3 is 9.64 Å². The van der Waals surface area contributed by atoms with Crippen molar-refractivity contribution in [1.29, 1.82) is 0 Å². The number of carbonyl (C=O) groups excluding carboxylic acids is 2. The SMILES string of the molecule is Cc1ccc(CN(C)C(=O)COC(=O)C23CC4CC(CC(C4)C2)C3)c(C)c1. The number of nitrogens with zero attached hydrogens (tertiary/aromatic N) is 1. The lowest BCUT2D eigenvalue weighted by Gasteiger charge is -2.55. The number of benzene rings is 1. The first-order valence-corrected chi connectivity index (χ1v) is 10.3. The molecular weight excluding hydrogens is 338 g/mol. The van der Waals surface area contributed by atoms with E-state index in [4.69, 9.17) is 4.74 Å². The van der Waals surface area contributed by atoms with Crippen molar-refractivity contribution in [3.8, 4) is 0 Å². The molecule has 4 aliphatic carbocycles. The molecule has 4 saturated carbocycles. The molecule has 27 heavy (non-hydrogen) atoms. The van der Waals surface area contributed by atoms with Crippen molar-refractivity contribution in [1.82, 2.24) is 4.90 Å². The second kappa shape index (κ2) is 6.96. The van der Waals surface area contributed by atoms with E-state index in [2.05, 4.69) is 32.0 Å². The molecule has 146 valence electrons. The highest BCUT2D eigenvalue weighted by Crippen LogP contribution is 2.60. The molecular formula is C23H31NO3. The van der Waals surface area contributed by atoms with Crippen molar-refractivity contribution >= 4 is 11.9 Å². The summed E-state index contributed by atoms with van der Waals surface area (Å²) in [7, 11) is 1.78. The Hall–Kier alpha value is -1.84. The summed E-state index contributed by atoms with van der Waals surface area (Å²) in [5.74, 6) is 1.85. The zero-order valence-corrected chi connectivity index (χ0v) is 16.8. The third-order valence-electron chi connectivity index (χ3n) is 7.13. The van der Waals surface area contributed by atoms with E-state index in [1.165, 1.54) is 30.4 Å². The predicted octanol–water partition coefficient (Wildman–Crippen LogP) is 4.02. The highest BCUT2D eigenvalue weighted by Gasteiger charge is 2.55. The molecule has 5 rings (SSSR count). The Morgan fingerprint density at radius 1 is 1.07 bits per heavy atom. The highest BCUT2D eigenvalue weighted by molar-refractivity contribution is 5.83. The van der Waals surface area contributed by atoms with Crippen molar-refractivity contribution in [2.75, 3.05) is 13.7 Å². The first kappa shape index (κ1) is 18.5. The van der Waals surface area contributed by atoms with Gasteiger partial charge in [-0.1, -0.05) is 23.8 Å². The monoisotopic (exact) mass is 369 g/mol. The first-order valence-electron chi connectivity index (χ1n) is 10.3. The van der Waals surface area contributed by atoms with Crippen LogP contribution in [0.5, 0.6) is 0 Å². The Kier molecular flexibility index (Phi) is 4.77. The molecule has 4 aliphatic rings. The third kappa shape index (κ3) is 3.63. The van der Waals surface area contributed by atoms with E-state index in [1.54, 1.807) is 11.9 Å². The second-order valence-corrected chi connectivity index (χ2v) is 9.45. The molecule has 0 N–H and O–H groups in total. The lowest BCUT2D eigenvalue weighted by Crippen LogP contribution is -2.51. The molecule has 4 fully saturated rings. The van der Waals surface area contributed by atoms with Gasteiger partial charge in [-0.05, 0) is 81.3 Å². The molecule has 4 heteroatoms. The molecule has 1 amide bonds. The van der Waals surface area contributed by atoms with Crippen LogP contribution in [0.1, 0.15) is 55.2 Å². The van der Waals surface area contributed by atoms with Crippen LogP contribution in [0, 0.1) is 37.0 Å². The highest BCUT2D eigenvalue weighted by atomic mass is 16.5.